The Morgan fingerprint density at radius 1 is 1.48 bits per heavy atom. The van der Waals surface area contributed by atoms with Gasteiger partial charge in [0.1, 0.15) is 6.61 Å². The van der Waals surface area contributed by atoms with Crippen LogP contribution in [0.4, 0.5) is 0 Å². The average Bonchev–Trinajstić information content (AvgIpc) is 2.53. The molecule has 1 heterocycles. The molecule has 0 bridgehead atoms. The molecule has 1 N–H and O–H groups in total. The minimum absolute atomic E-state index is 0.0307. The third kappa shape index (κ3) is 4.59. The van der Waals surface area contributed by atoms with Crippen molar-refractivity contribution < 1.29 is 14.6 Å². The van der Waals surface area contributed by atoms with Crippen molar-refractivity contribution in [2.24, 2.45) is 0 Å². The van der Waals surface area contributed by atoms with Crippen LogP contribution in [0.15, 0.2) is 24.3 Å². The summed E-state index contributed by atoms with van der Waals surface area (Å²) in [7, 11) is 1.80. The molecule has 0 radical (unpaired) electrons. The first kappa shape index (κ1) is 15.6. The molecule has 21 heavy (non-hydrogen) atoms. The second kappa shape index (κ2) is 7.82. The summed E-state index contributed by atoms with van der Waals surface area (Å²) in [6.07, 6.45) is 3.43. The highest BCUT2D eigenvalue weighted by atomic mass is 16.5. The maximum Gasteiger partial charge on any atom is 0.253 e. The molecule has 4 nitrogen and oxygen atoms in total. The Balaban J connectivity index is 2.01. The van der Waals surface area contributed by atoms with Crippen molar-refractivity contribution in [3.05, 3.63) is 35.4 Å². The highest BCUT2D eigenvalue weighted by Crippen LogP contribution is 2.15. The molecule has 0 aromatic heterocycles. The van der Waals surface area contributed by atoms with E-state index >= 15 is 0 Å². The number of carbonyl (C=O) groups excluding carboxylic acids is 1. The van der Waals surface area contributed by atoms with Crippen molar-refractivity contribution in [2.45, 2.75) is 25.4 Å². The lowest BCUT2D eigenvalue weighted by Crippen LogP contribution is -2.37. The average molecular weight is 287 g/mol. The van der Waals surface area contributed by atoms with Gasteiger partial charge in [0.15, 0.2) is 0 Å². The van der Waals surface area contributed by atoms with E-state index in [0.717, 1.165) is 25.0 Å². The molecule has 1 saturated heterocycles. The van der Waals surface area contributed by atoms with Crippen molar-refractivity contribution in [3.63, 3.8) is 0 Å². The first-order valence-corrected chi connectivity index (χ1v) is 7.27. The van der Waals surface area contributed by atoms with E-state index < -0.39 is 0 Å². The number of carbonyl (C=O) groups is 1. The number of likely N-dealkylation sites (N-methyl/N-ethyl adjacent to an activating group) is 1. The molecule has 1 amide bonds. The fourth-order valence-electron chi connectivity index (χ4n) is 2.43. The van der Waals surface area contributed by atoms with Crippen molar-refractivity contribution >= 4 is 5.91 Å². The van der Waals surface area contributed by atoms with E-state index in [1.165, 1.54) is 6.42 Å². The molecule has 1 atom stereocenters. The number of aliphatic hydroxyl groups is 1. The number of aliphatic hydroxyl groups excluding tert-OH is 1. The number of hydrogen-bond acceptors (Lipinski definition) is 3. The van der Waals surface area contributed by atoms with Crippen LogP contribution in [-0.4, -0.2) is 48.8 Å². The van der Waals surface area contributed by atoms with Gasteiger partial charge in [0.2, 0.25) is 0 Å². The highest BCUT2D eigenvalue weighted by Gasteiger charge is 2.19. The van der Waals surface area contributed by atoms with Crippen LogP contribution >= 0.6 is 0 Å². The standard InChI is InChI=1S/C17H21NO3/c1-18(13-16-9-2-3-11-21-16)17(20)15-8-4-6-14(12-15)7-5-10-19/h4,6,8,12,16,19H,2-3,9-11,13H2,1H3. The first-order chi connectivity index (χ1) is 10.2. The van der Waals surface area contributed by atoms with E-state index in [0.29, 0.717) is 12.1 Å². The molecule has 1 aromatic carbocycles. The van der Waals surface area contributed by atoms with Gasteiger partial charge in [0.25, 0.3) is 5.91 Å². The predicted molar refractivity (Wildman–Crippen MR) is 81.0 cm³/mol. The van der Waals surface area contributed by atoms with Crippen LogP contribution in [0.1, 0.15) is 35.2 Å². The zero-order chi connectivity index (χ0) is 15.1. The summed E-state index contributed by atoms with van der Waals surface area (Å²) in [5, 5.41) is 8.71. The van der Waals surface area contributed by atoms with E-state index in [2.05, 4.69) is 11.8 Å². The number of hydrogen-bond donors (Lipinski definition) is 1. The van der Waals surface area contributed by atoms with Crippen LogP contribution in [0.3, 0.4) is 0 Å². The Morgan fingerprint density at radius 3 is 3.05 bits per heavy atom. The SMILES string of the molecule is CN(CC1CCCCO1)C(=O)c1cccc(C#CCO)c1. The second-order valence-electron chi connectivity index (χ2n) is 5.21. The second-order valence-corrected chi connectivity index (χ2v) is 5.21. The molecule has 1 aliphatic rings. The quantitative estimate of drug-likeness (QED) is 0.860. The smallest absolute Gasteiger partial charge is 0.253 e. The molecule has 0 aliphatic carbocycles. The maximum absolute atomic E-state index is 12.4. The Labute approximate surface area is 125 Å². The summed E-state index contributed by atoms with van der Waals surface area (Å²) < 4.78 is 5.67. The fourth-order valence-corrected chi connectivity index (χ4v) is 2.43. The molecule has 1 aliphatic heterocycles. The zero-order valence-electron chi connectivity index (χ0n) is 12.3. The van der Waals surface area contributed by atoms with Crippen molar-refractivity contribution in [1.29, 1.82) is 0 Å². The molecule has 1 unspecified atom stereocenters. The van der Waals surface area contributed by atoms with Crippen molar-refractivity contribution in [2.75, 3.05) is 26.8 Å². The molecule has 1 fully saturated rings. The fraction of sp³-hybridized carbons (Fsp3) is 0.471. The number of ether oxygens (including phenoxy) is 1. The van der Waals surface area contributed by atoms with E-state index in [-0.39, 0.29) is 18.6 Å². The summed E-state index contributed by atoms with van der Waals surface area (Å²) in [5.74, 6) is 5.37. The normalized spacial score (nSPS) is 17.7. The van der Waals surface area contributed by atoms with Crippen LogP contribution in [0.25, 0.3) is 0 Å². The Kier molecular flexibility index (Phi) is 5.79. The van der Waals surface area contributed by atoms with Crippen molar-refractivity contribution in [1.82, 2.24) is 4.90 Å². The Hall–Kier alpha value is -1.83. The monoisotopic (exact) mass is 287 g/mol. The van der Waals surface area contributed by atoms with Crippen LogP contribution in [0.5, 0.6) is 0 Å². The summed E-state index contributed by atoms with van der Waals surface area (Å²) in [6.45, 7) is 1.22. The maximum atomic E-state index is 12.4. The summed E-state index contributed by atoms with van der Waals surface area (Å²) in [6, 6.07) is 7.16. The van der Waals surface area contributed by atoms with Crippen LogP contribution < -0.4 is 0 Å². The van der Waals surface area contributed by atoms with Gasteiger partial charge in [-0.2, -0.15) is 0 Å². The highest BCUT2D eigenvalue weighted by molar-refractivity contribution is 5.94. The summed E-state index contributed by atoms with van der Waals surface area (Å²) in [5.41, 5.74) is 1.34. The third-order valence-electron chi connectivity index (χ3n) is 3.52. The van der Waals surface area contributed by atoms with E-state index in [1.54, 1.807) is 30.1 Å². The predicted octanol–water partition coefficient (Wildman–Crippen LogP) is 1.67. The summed E-state index contributed by atoms with van der Waals surface area (Å²) in [4.78, 5) is 14.1. The number of rotatable bonds is 3. The van der Waals surface area contributed by atoms with E-state index in [4.69, 9.17) is 9.84 Å². The van der Waals surface area contributed by atoms with Gasteiger partial charge in [-0.05, 0) is 37.5 Å². The van der Waals surface area contributed by atoms with Gasteiger partial charge in [-0.15, -0.1) is 0 Å². The molecule has 1 aromatic rings. The molecule has 2 rings (SSSR count). The van der Waals surface area contributed by atoms with Crippen LogP contribution in [-0.2, 0) is 4.74 Å². The van der Waals surface area contributed by atoms with Gasteiger partial charge in [-0.1, -0.05) is 17.9 Å². The van der Waals surface area contributed by atoms with Crippen molar-refractivity contribution in [3.8, 4) is 11.8 Å². The molecular formula is C17H21NO3. The van der Waals surface area contributed by atoms with E-state index in [1.807, 2.05) is 6.07 Å². The minimum Gasteiger partial charge on any atom is -0.384 e. The zero-order valence-corrected chi connectivity index (χ0v) is 12.3. The Bertz CT molecular complexity index is 538. The van der Waals surface area contributed by atoms with Gasteiger partial charge in [0, 0.05) is 31.3 Å². The molecule has 112 valence electrons. The van der Waals surface area contributed by atoms with Gasteiger partial charge in [0.05, 0.1) is 6.10 Å². The molecule has 0 spiro atoms. The topological polar surface area (TPSA) is 49.8 Å². The lowest BCUT2D eigenvalue weighted by atomic mass is 10.1. The number of nitrogens with zero attached hydrogens (tertiary/aromatic N) is 1. The number of benzene rings is 1. The first-order valence-electron chi connectivity index (χ1n) is 7.27. The number of amides is 1. The third-order valence-corrected chi connectivity index (χ3v) is 3.52. The molecule has 0 saturated carbocycles. The lowest BCUT2D eigenvalue weighted by Gasteiger charge is -2.27. The van der Waals surface area contributed by atoms with Crippen LogP contribution in [0, 0.1) is 11.8 Å². The lowest BCUT2D eigenvalue weighted by molar-refractivity contribution is -0.000187. The van der Waals surface area contributed by atoms with Gasteiger partial charge in [-0.25, -0.2) is 0 Å². The van der Waals surface area contributed by atoms with Gasteiger partial charge >= 0.3 is 0 Å². The van der Waals surface area contributed by atoms with Gasteiger partial charge < -0.3 is 14.7 Å². The molecular weight excluding hydrogens is 266 g/mol. The summed E-state index contributed by atoms with van der Waals surface area (Å²) >= 11 is 0. The molecule has 4 heteroatoms. The Morgan fingerprint density at radius 2 is 2.33 bits per heavy atom. The van der Waals surface area contributed by atoms with Gasteiger partial charge in [-0.3, -0.25) is 4.79 Å². The van der Waals surface area contributed by atoms with E-state index in [9.17, 15) is 4.79 Å². The van der Waals surface area contributed by atoms with Crippen LogP contribution in [0.2, 0.25) is 0 Å². The largest absolute Gasteiger partial charge is 0.384 e. The minimum atomic E-state index is -0.183.